The molecule has 18 heteroatoms. The number of aromatic nitrogens is 6. The van der Waals surface area contributed by atoms with E-state index in [9.17, 15) is 31.5 Å². The Morgan fingerprint density at radius 3 is 2.43 bits per heavy atom. The first-order valence-electron chi connectivity index (χ1n) is 17.3. The largest absolute Gasteiger partial charge is 0.463 e. The maximum atomic E-state index is 15.0. The van der Waals surface area contributed by atoms with E-state index in [4.69, 9.17) is 22.1 Å². The first kappa shape index (κ1) is 37.4. The molecule has 1 aliphatic heterocycles. The molecule has 2 N–H and O–H groups in total. The third-order valence-electron chi connectivity index (χ3n) is 10.4. The minimum atomic E-state index is -4.75. The Labute approximate surface area is 311 Å². The lowest BCUT2D eigenvalue weighted by Crippen LogP contribution is -2.49. The van der Waals surface area contributed by atoms with Crippen LogP contribution in [-0.2, 0) is 19.9 Å². The van der Waals surface area contributed by atoms with Gasteiger partial charge in [-0.1, -0.05) is 62.7 Å². The number of carbonyl (C=O) groups is 2. The van der Waals surface area contributed by atoms with Gasteiger partial charge in [-0.2, -0.15) is 33.3 Å². The Bertz CT molecular complexity index is 2110. The molecule has 0 unspecified atom stereocenters. The topological polar surface area (TPSA) is 146 Å². The van der Waals surface area contributed by atoms with Crippen molar-refractivity contribution in [2.75, 3.05) is 6.61 Å². The van der Waals surface area contributed by atoms with Crippen LogP contribution in [0.2, 0.25) is 5.02 Å². The van der Waals surface area contributed by atoms with Gasteiger partial charge in [-0.05, 0) is 60.8 Å². The molecule has 2 aromatic heterocycles. The lowest BCUT2D eigenvalue weighted by Gasteiger charge is -2.37. The smallest absolute Gasteiger partial charge is 0.394 e. The van der Waals surface area contributed by atoms with Gasteiger partial charge in [0.05, 0.1) is 40.8 Å². The monoisotopic (exact) mass is 773 g/mol. The molecule has 3 heterocycles. The van der Waals surface area contributed by atoms with Crippen molar-refractivity contribution in [1.82, 2.24) is 34.7 Å². The Morgan fingerprint density at radius 1 is 1.09 bits per heavy atom. The molecule has 12 nitrogen and oxygen atoms in total. The number of nitrogens with zero attached hydrogens (tertiary/aromatic N) is 8. The molecule has 1 amide bonds. The van der Waals surface area contributed by atoms with Gasteiger partial charge in [0, 0.05) is 5.56 Å². The molecule has 0 bridgehead atoms. The van der Waals surface area contributed by atoms with E-state index in [1.807, 2.05) is 6.92 Å². The first-order valence-corrected chi connectivity index (χ1v) is 17.7. The van der Waals surface area contributed by atoms with Crippen LogP contribution in [0.25, 0.3) is 16.9 Å². The number of hydrogen-bond donors (Lipinski definition) is 1. The summed E-state index contributed by atoms with van der Waals surface area (Å²) in [6.45, 7) is 3.39. The van der Waals surface area contributed by atoms with Crippen molar-refractivity contribution in [3.8, 4) is 16.9 Å². The van der Waals surface area contributed by atoms with Crippen LogP contribution in [0.4, 0.5) is 22.0 Å². The summed E-state index contributed by atoms with van der Waals surface area (Å²) in [4.78, 5) is 38.7. The van der Waals surface area contributed by atoms with Crippen molar-refractivity contribution < 1.29 is 36.3 Å². The van der Waals surface area contributed by atoms with E-state index >= 15 is 0 Å². The Kier molecular flexibility index (Phi) is 9.29. The lowest BCUT2D eigenvalue weighted by molar-refractivity contribution is -0.218. The number of rotatable bonds is 13. The van der Waals surface area contributed by atoms with E-state index in [2.05, 4.69) is 25.3 Å². The summed E-state index contributed by atoms with van der Waals surface area (Å²) in [6.07, 6.45) is -2.39. The van der Waals surface area contributed by atoms with Crippen molar-refractivity contribution in [1.29, 1.82) is 0 Å². The van der Waals surface area contributed by atoms with Gasteiger partial charge in [-0.25, -0.2) is 23.4 Å². The maximum Gasteiger partial charge on any atom is 0.394 e. The van der Waals surface area contributed by atoms with Crippen LogP contribution < -0.4 is 5.73 Å². The molecule has 3 aliphatic rings. The number of esters is 1. The number of alkyl halides is 5. The van der Waals surface area contributed by atoms with Crippen molar-refractivity contribution in [3.05, 3.63) is 77.0 Å². The van der Waals surface area contributed by atoms with Gasteiger partial charge >= 0.3 is 12.1 Å². The summed E-state index contributed by atoms with van der Waals surface area (Å²) < 4.78 is 78.0. The standard InChI is InChI=1S/C36H37ClF5N9O3/c1-33(2,36(40,41)42)18-35(22-7-4-20(5-8-22)25-16-45-51(48-25)23-9-10-23)31(53)49(32(43)47-35)27(17-54-28(52)15-34(3)12-13-34)21-6-11-24(37)26(14-21)50-30(29(38)39)44-19-46-50/h4-8,11,14,16,19,23,27,29H,9-10,12-13,15,17-18H2,1-3H3,(H2,43,47)/t27-,35-/m1/s1. The summed E-state index contributed by atoms with van der Waals surface area (Å²) in [5.41, 5.74) is 3.12. The summed E-state index contributed by atoms with van der Waals surface area (Å²) >= 11 is 6.45. The zero-order valence-corrected chi connectivity index (χ0v) is 30.3. The Morgan fingerprint density at radius 2 is 1.80 bits per heavy atom. The number of nitrogens with two attached hydrogens (primary N) is 1. The van der Waals surface area contributed by atoms with E-state index in [0.717, 1.165) is 55.4 Å². The minimum Gasteiger partial charge on any atom is -0.463 e. The summed E-state index contributed by atoms with van der Waals surface area (Å²) in [7, 11) is 0. The van der Waals surface area contributed by atoms with E-state index in [1.54, 1.807) is 23.1 Å². The van der Waals surface area contributed by atoms with Crippen LogP contribution >= 0.6 is 11.6 Å². The number of benzene rings is 2. The van der Waals surface area contributed by atoms with Gasteiger partial charge in [0.1, 0.15) is 18.6 Å². The average molecular weight is 774 g/mol. The third-order valence-corrected chi connectivity index (χ3v) is 10.7. The molecule has 7 rings (SSSR count). The van der Waals surface area contributed by atoms with Crippen LogP contribution in [0.1, 0.15) is 94.8 Å². The minimum absolute atomic E-state index is 0.00327. The fourth-order valence-corrected chi connectivity index (χ4v) is 6.82. The highest BCUT2D eigenvalue weighted by Gasteiger charge is 2.59. The fraction of sp³-hybridized carbons (Fsp3) is 0.472. The van der Waals surface area contributed by atoms with E-state index in [1.165, 1.54) is 30.3 Å². The molecular formula is C36H37ClF5N9O3. The van der Waals surface area contributed by atoms with Crippen LogP contribution in [0.15, 0.2) is 60.0 Å². The van der Waals surface area contributed by atoms with Gasteiger partial charge in [0.2, 0.25) is 0 Å². The van der Waals surface area contributed by atoms with Gasteiger partial charge in [-0.15, -0.1) is 0 Å². The number of halogens is 6. The summed E-state index contributed by atoms with van der Waals surface area (Å²) in [6, 6.07) is 9.42. The lowest BCUT2D eigenvalue weighted by atomic mass is 9.74. The molecule has 2 aromatic carbocycles. The zero-order chi connectivity index (χ0) is 38.8. The van der Waals surface area contributed by atoms with E-state index in [0.29, 0.717) is 11.3 Å². The molecule has 0 saturated heterocycles. The predicted octanol–water partition coefficient (Wildman–Crippen LogP) is 7.26. The summed E-state index contributed by atoms with van der Waals surface area (Å²) in [5.74, 6) is -2.62. The highest BCUT2D eigenvalue weighted by Crippen LogP contribution is 2.51. The van der Waals surface area contributed by atoms with Gasteiger partial charge in [0.25, 0.3) is 12.3 Å². The van der Waals surface area contributed by atoms with Crippen molar-refractivity contribution in [3.63, 3.8) is 0 Å². The van der Waals surface area contributed by atoms with Crippen LogP contribution in [0.5, 0.6) is 0 Å². The maximum absolute atomic E-state index is 15.0. The molecule has 286 valence electrons. The highest BCUT2D eigenvalue weighted by molar-refractivity contribution is 6.32. The van der Waals surface area contributed by atoms with Gasteiger partial charge in [-0.3, -0.25) is 14.5 Å². The van der Waals surface area contributed by atoms with E-state index in [-0.39, 0.29) is 39.7 Å². The number of amides is 1. The second kappa shape index (κ2) is 13.4. The number of guanidine groups is 1. The highest BCUT2D eigenvalue weighted by atomic mass is 35.5. The molecule has 2 atom stereocenters. The molecule has 54 heavy (non-hydrogen) atoms. The molecule has 2 aliphatic carbocycles. The second-order valence-electron chi connectivity index (χ2n) is 15.2. The molecule has 0 radical (unpaired) electrons. The SMILES string of the molecule is CC1(CC(=O)OC[C@H](c2ccc(Cl)c(-n3ncnc3C(F)F)c2)N2C(=O)[C@@](CC(C)(C)C(F)(F)F)(c3ccc(-c4cnn(C5CC5)n4)cc3)N=C2N)CC1. The van der Waals surface area contributed by atoms with Crippen molar-refractivity contribution >= 4 is 29.4 Å². The predicted molar refractivity (Wildman–Crippen MR) is 185 cm³/mol. The summed E-state index contributed by atoms with van der Waals surface area (Å²) in [5, 5.41) is 12.7. The van der Waals surface area contributed by atoms with Crippen LogP contribution in [-0.4, -0.2) is 65.3 Å². The quantitative estimate of drug-likeness (QED) is 0.110. The number of carbonyl (C=O) groups excluding carboxylic acids is 2. The average Bonchev–Trinajstić information content (AvgIpc) is 3.93. The molecule has 0 spiro atoms. The van der Waals surface area contributed by atoms with Gasteiger partial charge in [0.15, 0.2) is 17.3 Å². The second-order valence-corrected chi connectivity index (χ2v) is 15.6. The first-order chi connectivity index (χ1) is 25.4. The van der Waals surface area contributed by atoms with Crippen molar-refractivity contribution in [2.24, 2.45) is 21.6 Å². The fourth-order valence-electron chi connectivity index (χ4n) is 6.62. The number of ether oxygens (including phenoxy) is 1. The zero-order valence-electron chi connectivity index (χ0n) is 29.5. The normalized spacial score (nSPS) is 20.4. The van der Waals surface area contributed by atoms with Crippen LogP contribution in [0, 0.1) is 10.8 Å². The van der Waals surface area contributed by atoms with Gasteiger partial charge < -0.3 is 10.5 Å². The Balaban J connectivity index is 1.30. The Hall–Kier alpha value is -4.93. The molecule has 2 saturated carbocycles. The molecule has 4 aromatic rings. The van der Waals surface area contributed by atoms with Crippen LogP contribution in [0.3, 0.4) is 0 Å². The number of aliphatic imine (C=N–C) groups is 1. The molecular weight excluding hydrogens is 737 g/mol. The number of hydrogen-bond acceptors (Lipinski definition) is 9. The van der Waals surface area contributed by atoms with Crippen molar-refractivity contribution in [2.45, 2.75) is 89.5 Å². The third kappa shape index (κ3) is 7.05. The molecule has 2 fully saturated rings. The van der Waals surface area contributed by atoms with E-state index < -0.39 is 66.3 Å².